The molecular formula is C46H74N8O3S. The Labute approximate surface area is 354 Å². The number of benzene rings is 1. The molecule has 4 aliphatic carbocycles. The molecule has 5 rings (SSSR count). The van der Waals surface area contributed by atoms with Gasteiger partial charge >= 0.3 is 5.97 Å². The van der Waals surface area contributed by atoms with Crippen molar-refractivity contribution < 1.29 is 14.3 Å². The predicted molar refractivity (Wildman–Crippen MR) is 241 cm³/mol. The molecular weight excluding hydrogens is 745 g/mol. The van der Waals surface area contributed by atoms with Crippen molar-refractivity contribution in [2.75, 3.05) is 31.9 Å². The molecule has 8 N–H and O–H groups in total. The fraction of sp³-hybridized carbons (Fsp3) is 0.717. The molecule has 0 aromatic heterocycles. The molecule has 9 unspecified atom stereocenters. The van der Waals surface area contributed by atoms with Crippen LogP contribution in [0, 0.1) is 46.3 Å². The lowest BCUT2D eigenvalue weighted by atomic mass is 9.47. The van der Waals surface area contributed by atoms with Crippen LogP contribution in [0.2, 0.25) is 0 Å². The zero-order valence-corrected chi connectivity index (χ0v) is 37.0. The van der Waals surface area contributed by atoms with E-state index < -0.39 is 6.04 Å². The zero-order valence-electron chi connectivity index (χ0n) is 36.1. The number of ether oxygens (including phenoxy) is 1. The highest BCUT2D eigenvalue weighted by molar-refractivity contribution is 7.80. The van der Waals surface area contributed by atoms with Gasteiger partial charge < -0.3 is 32.6 Å². The fourth-order valence-corrected chi connectivity index (χ4v) is 11.8. The Balaban J connectivity index is 1.15. The molecule has 11 nitrogen and oxygen atoms in total. The second kappa shape index (κ2) is 20.6. The topological polar surface area (TPSA) is 188 Å². The van der Waals surface area contributed by atoms with Gasteiger partial charge in [-0.15, -0.1) is 0 Å². The van der Waals surface area contributed by atoms with Crippen molar-refractivity contribution in [2.45, 2.75) is 130 Å². The van der Waals surface area contributed by atoms with Gasteiger partial charge in [-0.3, -0.25) is 19.8 Å². The van der Waals surface area contributed by atoms with Crippen molar-refractivity contribution in [3.63, 3.8) is 0 Å². The molecule has 322 valence electrons. The SMILES string of the molecule is CC(C)CCCC(C)C1CCC2C3CC=C4CC(OC(=O)c5ccc(C=NC(CS)C(=O)N(CCCN=C(N)N)CCCN=C(N)N)cc5)CCC4(C)C3CCC12C. The third kappa shape index (κ3) is 11.2. The predicted octanol–water partition coefficient (Wildman–Crippen LogP) is 7.13. The minimum Gasteiger partial charge on any atom is -0.458 e. The molecule has 9 atom stereocenters. The Morgan fingerprint density at radius 3 is 2.19 bits per heavy atom. The number of nitrogens with two attached hydrogens (primary N) is 4. The Morgan fingerprint density at radius 1 is 0.897 bits per heavy atom. The van der Waals surface area contributed by atoms with Gasteiger partial charge in [-0.05, 0) is 122 Å². The lowest BCUT2D eigenvalue weighted by Gasteiger charge is -2.58. The maximum Gasteiger partial charge on any atom is 0.338 e. The van der Waals surface area contributed by atoms with Gasteiger partial charge in [-0.1, -0.05) is 77.7 Å². The van der Waals surface area contributed by atoms with Gasteiger partial charge in [-0.25, -0.2) is 4.79 Å². The number of hydrogen-bond donors (Lipinski definition) is 5. The molecule has 0 spiro atoms. The lowest BCUT2D eigenvalue weighted by molar-refractivity contribution is -0.132. The smallest absolute Gasteiger partial charge is 0.338 e. The van der Waals surface area contributed by atoms with Crippen molar-refractivity contribution in [2.24, 2.45) is 84.2 Å². The number of carbonyl (C=O) groups is 2. The average molecular weight is 819 g/mol. The van der Waals surface area contributed by atoms with Crippen molar-refractivity contribution in [1.82, 2.24) is 4.90 Å². The second-order valence-electron chi connectivity index (χ2n) is 18.8. The quantitative estimate of drug-likeness (QED) is 0.0245. The van der Waals surface area contributed by atoms with Crippen LogP contribution in [0.1, 0.15) is 134 Å². The van der Waals surface area contributed by atoms with Gasteiger partial charge in [0.25, 0.3) is 0 Å². The van der Waals surface area contributed by atoms with Gasteiger partial charge in [0.05, 0.1) is 5.56 Å². The number of thiol groups is 1. The van der Waals surface area contributed by atoms with Crippen LogP contribution in [0.5, 0.6) is 0 Å². The maximum atomic E-state index is 13.5. The van der Waals surface area contributed by atoms with Crippen LogP contribution < -0.4 is 22.9 Å². The summed E-state index contributed by atoms with van der Waals surface area (Å²) in [6.45, 7) is 14.2. The van der Waals surface area contributed by atoms with Crippen LogP contribution in [0.15, 0.2) is 50.9 Å². The van der Waals surface area contributed by atoms with E-state index in [4.69, 9.17) is 27.7 Å². The lowest BCUT2D eigenvalue weighted by Crippen LogP contribution is -2.51. The number of esters is 1. The first-order valence-electron chi connectivity index (χ1n) is 22.2. The van der Waals surface area contributed by atoms with E-state index in [2.05, 4.69) is 68.3 Å². The summed E-state index contributed by atoms with van der Waals surface area (Å²) in [5.41, 5.74) is 25.3. The molecule has 1 aromatic carbocycles. The van der Waals surface area contributed by atoms with Crippen molar-refractivity contribution in [3.8, 4) is 0 Å². The normalized spacial score (nSPS) is 28.7. The van der Waals surface area contributed by atoms with Crippen molar-refractivity contribution >= 4 is 42.6 Å². The van der Waals surface area contributed by atoms with Crippen LogP contribution in [0.3, 0.4) is 0 Å². The summed E-state index contributed by atoms with van der Waals surface area (Å²) in [4.78, 5) is 41.3. The monoisotopic (exact) mass is 819 g/mol. The summed E-state index contributed by atoms with van der Waals surface area (Å²) in [5.74, 6) is 4.65. The van der Waals surface area contributed by atoms with Crippen molar-refractivity contribution in [1.29, 1.82) is 0 Å². The van der Waals surface area contributed by atoms with Gasteiger partial charge in [0.15, 0.2) is 11.9 Å². The van der Waals surface area contributed by atoms with Gasteiger partial charge in [-0.2, -0.15) is 12.6 Å². The molecule has 4 aliphatic rings. The first-order chi connectivity index (χ1) is 27.7. The van der Waals surface area contributed by atoms with Crippen molar-refractivity contribution in [3.05, 3.63) is 47.0 Å². The molecule has 12 heteroatoms. The highest BCUT2D eigenvalue weighted by atomic mass is 32.1. The van der Waals surface area contributed by atoms with Crippen LogP contribution in [-0.4, -0.2) is 79.0 Å². The number of amides is 1. The highest BCUT2D eigenvalue weighted by Gasteiger charge is 2.59. The minimum atomic E-state index is -0.693. The molecule has 58 heavy (non-hydrogen) atoms. The number of hydrogen-bond acceptors (Lipinski definition) is 7. The Kier molecular flexibility index (Phi) is 16.2. The van der Waals surface area contributed by atoms with E-state index in [1.54, 1.807) is 23.2 Å². The number of allylic oxidation sites excluding steroid dienone is 1. The number of guanidine groups is 2. The van der Waals surface area contributed by atoms with Crippen LogP contribution in [0.4, 0.5) is 0 Å². The Hall–Kier alpha value is -3.54. The van der Waals surface area contributed by atoms with Gasteiger partial charge in [0, 0.05) is 44.6 Å². The number of carbonyl (C=O) groups excluding carboxylic acids is 2. The number of rotatable bonds is 19. The Bertz CT molecular complexity index is 1630. The first-order valence-corrected chi connectivity index (χ1v) is 22.8. The number of nitrogens with zero attached hydrogens (tertiary/aromatic N) is 4. The largest absolute Gasteiger partial charge is 0.458 e. The van der Waals surface area contributed by atoms with E-state index in [0.717, 1.165) is 60.3 Å². The van der Waals surface area contributed by atoms with Crippen LogP contribution in [-0.2, 0) is 9.53 Å². The maximum absolute atomic E-state index is 13.5. The summed E-state index contributed by atoms with van der Waals surface area (Å²) in [6.07, 6.45) is 18.9. The average Bonchev–Trinajstić information content (AvgIpc) is 3.54. The van der Waals surface area contributed by atoms with Crippen LogP contribution >= 0.6 is 12.6 Å². The molecule has 3 fully saturated rings. The molecule has 3 saturated carbocycles. The van der Waals surface area contributed by atoms with E-state index >= 15 is 0 Å². The molecule has 0 radical (unpaired) electrons. The highest BCUT2D eigenvalue weighted by Crippen LogP contribution is 2.67. The van der Waals surface area contributed by atoms with E-state index in [1.165, 1.54) is 56.9 Å². The Morgan fingerprint density at radius 2 is 1.57 bits per heavy atom. The molecule has 0 aliphatic heterocycles. The van der Waals surface area contributed by atoms with Gasteiger partial charge in [0.1, 0.15) is 12.1 Å². The van der Waals surface area contributed by atoms with E-state index in [1.807, 2.05) is 12.1 Å². The van der Waals surface area contributed by atoms with Gasteiger partial charge in [0.2, 0.25) is 5.91 Å². The zero-order chi connectivity index (χ0) is 42.0. The summed E-state index contributed by atoms with van der Waals surface area (Å²) in [7, 11) is 0. The number of fused-ring (bicyclic) bond motifs is 5. The molecule has 0 heterocycles. The van der Waals surface area contributed by atoms with E-state index in [9.17, 15) is 9.59 Å². The molecule has 0 bridgehead atoms. The summed E-state index contributed by atoms with van der Waals surface area (Å²) >= 11 is 4.44. The number of aliphatic imine (C=N–C) groups is 3. The third-order valence-electron chi connectivity index (χ3n) is 14.6. The molecule has 0 saturated heterocycles. The summed E-state index contributed by atoms with van der Waals surface area (Å²) in [5, 5.41) is 0. The molecule has 1 amide bonds. The first kappa shape index (κ1) is 45.5. The third-order valence-corrected chi connectivity index (χ3v) is 15.0. The molecule has 1 aromatic rings. The standard InChI is InChI=1S/C46H74N8O3S/c1-30(2)9-6-10-31(3)37-17-18-38-36-16-15-34-27-35(19-21-45(34,4)39(36)20-22-46(37,38)5)57-42(56)33-13-11-32(12-14-33)28-53-40(29-58)41(55)54(25-7-23-51-43(47)48)26-8-24-52-44(49)50/h11-15,28,30-31,35-40,58H,6-10,16-27,29H2,1-5H3,(H4,47,48,51)(H4,49,50,52). The summed E-state index contributed by atoms with van der Waals surface area (Å²) in [6, 6.07) is 6.53. The fourth-order valence-electron chi connectivity index (χ4n) is 11.5. The second-order valence-corrected chi connectivity index (χ2v) is 19.2. The van der Waals surface area contributed by atoms with Crippen LogP contribution in [0.25, 0.3) is 0 Å². The van der Waals surface area contributed by atoms with E-state index in [-0.39, 0.29) is 41.1 Å². The van der Waals surface area contributed by atoms with E-state index in [0.29, 0.717) is 50.0 Å². The summed E-state index contributed by atoms with van der Waals surface area (Å²) < 4.78 is 6.18. The minimum absolute atomic E-state index is 0.0142.